The lowest BCUT2D eigenvalue weighted by Crippen LogP contribution is -2.24. The molecule has 0 amide bonds. The van der Waals surface area contributed by atoms with Gasteiger partial charge in [0.05, 0.1) is 6.61 Å². The fraction of sp³-hybridized carbons (Fsp3) is 0.368. The van der Waals surface area contributed by atoms with Crippen molar-refractivity contribution in [3.8, 4) is 5.75 Å². The normalized spacial score (nSPS) is 13.0. The topological polar surface area (TPSA) is 9.23 Å². The molecule has 2 aromatic rings. The third kappa shape index (κ3) is 4.07. The van der Waals surface area contributed by atoms with E-state index in [0.717, 1.165) is 11.3 Å². The van der Waals surface area contributed by atoms with Crippen molar-refractivity contribution in [3.05, 3.63) is 65.5 Å². The van der Waals surface area contributed by atoms with Gasteiger partial charge in [-0.1, -0.05) is 51.1 Å². The number of rotatable bonds is 4. The van der Waals surface area contributed by atoms with Gasteiger partial charge in [-0.25, -0.2) is 4.39 Å². The van der Waals surface area contributed by atoms with Crippen LogP contribution in [0.15, 0.2) is 48.5 Å². The van der Waals surface area contributed by atoms with E-state index in [2.05, 4.69) is 45.0 Å². The summed E-state index contributed by atoms with van der Waals surface area (Å²) in [4.78, 5) is 0. The number of aryl methyl sites for hydroxylation is 1. The van der Waals surface area contributed by atoms with E-state index in [0.29, 0.717) is 6.61 Å². The van der Waals surface area contributed by atoms with Gasteiger partial charge >= 0.3 is 0 Å². The first-order valence-electron chi connectivity index (χ1n) is 7.32. The molecule has 0 aromatic heterocycles. The van der Waals surface area contributed by atoms with Crippen molar-refractivity contribution in [1.29, 1.82) is 0 Å². The summed E-state index contributed by atoms with van der Waals surface area (Å²) in [5.41, 5.74) is 2.19. The van der Waals surface area contributed by atoms with Crippen molar-refractivity contribution in [2.45, 2.75) is 33.6 Å². The van der Waals surface area contributed by atoms with Gasteiger partial charge in [0.2, 0.25) is 0 Å². The van der Waals surface area contributed by atoms with Gasteiger partial charge in [0.25, 0.3) is 0 Å². The molecule has 0 radical (unpaired) electrons. The number of hydrogen-bond donors (Lipinski definition) is 0. The van der Waals surface area contributed by atoms with Crippen LogP contribution in [0.2, 0.25) is 0 Å². The van der Waals surface area contributed by atoms with Gasteiger partial charge in [-0.3, -0.25) is 0 Å². The molecule has 0 fully saturated rings. The quantitative estimate of drug-likeness (QED) is 0.737. The van der Waals surface area contributed by atoms with E-state index in [4.69, 9.17) is 4.74 Å². The van der Waals surface area contributed by atoms with Gasteiger partial charge in [-0.15, -0.1) is 0 Å². The summed E-state index contributed by atoms with van der Waals surface area (Å²) in [7, 11) is 0. The maximum Gasteiger partial charge on any atom is 0.123 e. The molecule has 0 aliphatic heterocycles. The van der Waals surface area contributed by atoms with Crippen LogP contribution in [-0.2, 0) is 0 Å². The Kier molecular flexibility index (Phi) is 4.66. The molecule has 0 aliphatic rings. The minimum absolute atomic E-state index is 0.0925. The van der Waals surface area contributed by atoms with Gasteiger partial charge in [-0.05, 0) is 41.7 Å². The SMILES string of the molecule is Cc1cc(F)ccc1OCC(c1ccccc1)C(C)(C)C. The van der Waals surface area contributed by atoms with Crippen LogP contribution in [-0.4, -0.2) is 6.61 Å². The van der Waals surface area contributed by atoms with Crippen LogP contribution in [0.3, 0.4) is 0 Å². The molecule has 1 atom stereocenters. The Morgan fingerprint density at radius 3 is 2.29 bits per heavy atom. The van der Waals surface area contributed by atoms with E-state index in [1.165, 1.54) is 17.7 Å². The number of halogens is 1. The fourth-order valence-electron chi connectivity index (χ4n) is 2.48. The number of benzene rings is 2. The largest absolute Gasteiger partial charge is 0.493 e. The molecule has 0 saturated carbocycles. The molecule has 0 heterocycles. The highest BCUT2D eigenvalue weighted by Gasteiger charge is 2.27. The molecule has 1 nitrogen and oxygen atoms in total. The van der Waals surface area contributed by atoms with E-state index < -0.39 is 0 Å². The Labute approximate surface area is 126 Å². The maximum atomic E-state index is 13.1. The average molecular weight is 286 g/mol. The van der Waals surface area contributed by atoms with Gasteiger partial charge in [0, 0.05) is 5.92 Å². The molecule has 0 aliphatic carbocycles. The summed E-state index contributed by atoms with van der Waals surface area (Å²) >= 11 is 0. The van der Waals surface area contributed by atoms with Crippen molar-refractivity contribution >= 4 is 0 Å². The van der Waals surface area contributed by atoms with E-state index in [1.54, 1.807) is 6.07 Å². The van der Waals surface area contributed by atoms with Crippen LogP contribution < -0.4 is 4.74 Å². The summed E-state index contributed by atoms with van der Waals surface area (Å²) in [5.74, 6) is 0.806. The first kappa shape index (κ1) is 15.6. The zero-order valence-electron chi connectivity index (χ0n) is 13.2. The molecular formula is C19H23FO. The molecule has 2 heteroatoms. The summed E-state index contributed by atoms with van der Waals surface area (Å²) < 4.78 is 19.1. The molecule has 0 spiro atoms. The average Bonchev–Trinajstić information content (AvgIpc) is 2.41. The number of hydrogen-bond acceptors (Lipinski definition) is 1. The van der Waals surface area contributed by atoms with Crippen molar-refractivity contribution in [1.82, 2.24) is 0 Å². The van der Waals surface area contributed by atoms with Gasteiger partial charge in [0.15, 0.2) is 0 Å². The standard InChI is InChI=1S/C19H23FO/c1-14-12-16(20)10-11-18(14)21-13-17(19(2,3)4)15-8-6-5-7-9-15/h5-12,17H,13H2,1-4H3. The van der Waals surface area contributed by atoms with Crippen LogP contribution in [0.25, 0.3) is 0 Å². The van der Waals surface area contributed by atoms with Crippen LogP contribution in [0, 0.1) is 18.2 Å². The van der Waals surface area contributed by atoms with E-state index in [1.807, 2.05) is 13.0 Å². The van der Waals surface area contributed by atoms with Crippen LogP contribution in [0.4, 0.5) is 4.39 Å². The summed E-state index contributed by atoms with van der Waals surface area (Å²) in [6, 6.07) is 15.0. The predicted molar refractivity (Wildman–Crippen MR) is 85.3 cm³/mol. The highest BCUT2D eigenvalue weighted by molar-refractivity contribution is 5.33. The van der Waals surface area contributed by atoms with E-state index in [-0.39, 0.29) is 17.2 Å². The fourth-order valence-corrected chi connectivity index (χ4v) is 2.48. The van der Waals surface area contributed by atoms with Crippen molar-refractivity contribution in [2.75, 3.05) is 6.61 Å². The Bertz CT molecular complexity index is 584. The van der Waals surface area contributed by atoms with Crippen LogP contribution >= 0.6 is 0 Å². The molecule has 0 bridgehead atoms. The number of ether oxygens (including phenoxy) is 1. The minimum atomic E-state index is -0.227. The molecule has 112 valence electrons. The lowest BCUT2D eigenvalue weighted by atomic mass is 9.77. The molecule has 0 N–H and O–H groups in total. The molecule has 1 unspecified atom stereocenters. The van der Waals surface area contributed by atoms with Crippen LogP contribution in [0.1, 0.15) is 37.8 Å². The smallest absolute Gasteiger partial charge is 0.123 e. The lowest BCUT2D eigenvalue weighted by Gasteiger charge is -2.31. The third-order valence-electron chi connectivity index (χ3n) is 3.79. The summed E-state index contributed by atoms with van der Waals surface area (Å²) in [6.07, 6.45) is 0. The Morgan fingerprint density at radius 2 is 1.71 bits per heavy atom. The Hall–Kier alpha value is -1.83. The van der Waals surface area contributed by atoms with Gasteiger partial charge in [0.1, 0.15) is 11.6 Å². The summed E-state index contributed by atoms with van der Waals surface area (Å²) in [6.45, 7) is 9.09. The van der Waals surface area contributed by atoms with Crippen molar-refractivity contribution in [2.24, 2.45) is 5.41 Å². The molecule has 2 rings (SSSR count). The minimum Gasteiger partial charge on any atom is -0.493 e. The molecule has 21 heavy (non-hydrogen) atoms. The second-order valence-electron chi connectivity index (χ2n) is 6.55. The zero-order valence-corrected chi connectivity index (χ0v) is 13.2. The summed E-state index contributed by atoms with van der Waals surface area (Å²) in [5, 5.41) is 0. The predicted octanol–water partition coefficient (Wildman–Crippen LogP) is 5.34. The maximum absolute atomic E-state index is 13.1. The first-order chi connectivity index (χ1) is 9.88. The first-order valence-corrected chi connectivity index (χ1v) is 7.32. The zero-order chi connectivity index (χ0) is 15.5. The second-order valence-corrected chi connectivity index (χ2v) is 6.55. The second kappa shape index (κ2) is 6.30. The van der Waals surface area contributed by atoms with Gasteiger partial charge < -0.3 is 4.74 Å². The van der Waals surface area contributed by atoms with Gasteiger partial charge in [-0.2, -0.15) is 0 Å². The highest BCUT2D eigenvalue weighted by Crippen LogP contribution is 2.35. The lowest BCUT2D eigenvalue weighted by molar-refractivity contribution is 0.202. The molecule has 2 aromatic carbocycles. The van der Waals surface area contributed by atoms with E-state index >= 15 is 0 Å². The Balaban J connectivity index is 2.17. The highest BCUT2D eigenvalue weighted by atomic mass is 19.1. The monoisotopic (exact) mass is 286 g/mol. The van der Waals surface area contributed by atoms with Crippen molar-refractivity contribution < 1.29 is 9.13 Å². The van der Waals surface area contributed by atoms with Crippen molar-refractivity contribution in [3.63, 3.8) is 0 Å². The van der Waals surface area contributed by atoms with Crippen LogP contribution in [0.5, 0.6) is 5.75 Å². The van der Waals surface area contributed by atoms with E-state index in [9.17, 15) is 4.39 Å². The molecule has 0 saturated heterocycles. The molecular weight excluding hydrogens is 263 g/mol. The third-order valence-corrected chi connectivity index (χ3v) is 3.79. The Morgan fingerprint density at radius 1 is 1.05 bits per heavy atom.